The summed E-state index contributed by atoms with van der Waals surface area (Å²) in [7, 11) is -0.662. The van der Waals surface area contributed by atoms with Gasteiger partial charge < -0.3 is 0 Å². The van der Waals surface area contributed by atoms with E-state index in [-0.39, 0.29) is 17.3 Å². The fourth-order valence-corrected chi connectivity index (χ4v) is 5.61. The van der Waals surface area contributed by atoms with E-state index in [4.69, 9.17) is 16.6 Å². The normalized spacial score (nSPS) is 11.8. The largest absolute Gasteiger partial charge is 0.279 e. The van der Waals surface area contributed by atoms with Gasteiger partial charge in [0.25, 0.3) is 5.91 Å². The molecule has 0 saturated heterocycles. The minimum atomic E-state index is -3.59. The van der Waals surface area contributed by atoms with E-state index in [1.165, 1.54) is 49.7 Å². The van der Waals surface area contributed by atoms with E-state index in [9.17, 15) is 13.2 Å². The molecule has 0 aliphatic carbocycles. The van der Waals surface area contributed by atoms with Gasteiger partial charge in [0.15, 0.2) is 5.13 Å². The van der Waals surface area contributed by atoms with E-state index in [1.807, 2.05) is 25.1 Å². The Morgan fingerprint density at radius 2 is 1.85 bits per heavy atom. The molecule has 170 valence electrons. The lowest BCUT2D eigenvalue weighted by Crippen LogP contribution is -2.30. The predicted molar refractivity (Wildman–Crippen MR) is 131 cm³/mol. The van der Waals surface area contributed by atoms with Crippen molar-refractivity contribution in [2.75, 3.05) is 19.0 Å². The molecule has 0 aliphatic heterocycles. The summed E-state index contributed by atoms with van der Waals surface area (Å²) < 4.78 is 26.8. The van der Waals surface area contributed by atoms with E-state index in [1.54, 1.807) is 23.4 Å². The lowest BCUT2D eigenvalue weighted by Gasteiger charge is -2.20. The third-order valence-corrected chi connectivity index (χ3v) is 8.13. The fraction of sp³-hybridized carbons (Fsp3) is 0.174. The second-order valence-electron chi connectivity index (χ2n) is 7.63. The molecule has 2 heterocycles. The number of sulfonamides is 1. The first-order valence-electron chi connectivity index (χ1n) is 9.97. The number of thiazole rings is 1. The van der Waals surface area contributed by atoms with Gasteiger partial charge in [-0.05, 0) is 60.5 Å². The number of fused-ring (bicyclic) bond motifs is 1. The number of carbonyl (C=O) groups excluding carboxylic acids is 1. The Morgan fingerprint density at radius 1 is 1.12 bits per heavy atom. The third-order valence-electron chi connectivity index (χ3n) is 5.06. The minimum Gasteiger partial charge on any atom is -0.279 e. The van der Waals surface area contributed by atoms with Crippen LogP contribution in [0.2, 0.25) is 5.02 Å². The Balaban J connectivity index is 1.75. The average molecular weight is 501 g/mol. The van der Waals surface area contributed by atoms with Gasteiger partial charge in [-0.3, -0.25) is 14.7 Å². The Kier molecular flexibility index (Phi) is 6.49. The van der Waals surface area contributed by atoms with Crippen molar-refractivity contribution in [3.05, 3.63) is 82.6 Å². The first-order valence-corrected chi connectivity index (χ1v) is 12.6. The molecule has 4 aromatic rings. The van der Waals surface area contributed by atoms with Gasteiger partial charge in [-0.15, -0.1) is 0 Å². The van der Waals surface area contributed by atoms with Gasteiger partial charge in [0.1, 0.15) is 0 Å². The number of amides is 1. The van der Waals surface area contributed by atoms with Gasteiger partial charge in [0.2, 0.25) is 10.0 Å². The SMILES string of the molecule is Cc1cc(Cl)cc2sc(N(Cc3cccnc3)C(=O)c3ccc(S(=O)(=O)N(C)C)cc3)nc12. The van der Waals surface area contributed by atoms with Gasteiger partial charge >= 0.3 is 0 Å². The second kappa shape index (κ2) is 9.18. The quantitative estimate of drug-likeness (QED) is 0.381. The molecule has 2 aromatic heterocycles. The van der Waals surface area contributed by atoms with Gasteiger partial charge in [0.05, 0.1) is 21.7 Å². The van der Waals surface area contributed by atoms with Crippen molar-refractivity contribution >= 4 is 54.2 Å². The molecule has 0 aliphatic rings. The number of pyridine rings is 1. The molecule has 0 spiro atoms. The van der Waals surface area contributed by atoms with Gasteiger partial charge in [-0.2, -0.15) is 0 Å². The van der Waals surface area contributed by atoms with Gasteiger partial charge in [0, 0.05) is 37.1 Å². The number of carbonyl (C=O) groups is 1. The van der Waals surface area contributed by atoms with E-state index < -0.39 is 10.0 Å². The van der Waals surface area contributed by atoms with Crippen molar-refractivity contribution in [1.82, 2.24) is 14.3 Å². The van der Waals surface area contributed by atoms with Crippen molar-refractivity contribution in [2.45, 2.75) is 18.4 Å². The summed E-state index contributed by atoms with van der Waals surface area (Å²) >= 11 is 7.59. The number of aryl methyl sites for hydroxylation is 1. The lowest BCUT2D eigenvalue weighted by molar-refractivity contribution is 0.0985. The number of hydrogen-bond acceptors (Lipinski definition) is 6. The minimum absolute atomic E-state index is 0.119. The molecule has 0 atom stereocenters. The molecule has 0 unspecified atom stereocenters. The number of halogens is 1. The molecule has 4 rings (SSSR count). The van der Waals surface area contributed by atoms with Crippen LogP contribution in [0.5, 0.6) is 0 Å². The molecular formula is C23H21ClN4O3S2. The van der Waals surface area contributed by atoms with Crippen LogP contribution in [0.25, 0.3) is 10.2 Å². The number of benzene rings is 2. The van der Waals surface area contributed by atoms with Crippen LogP contribution in [0.15, 0.2) is 65.8 Å². The average Bonchev–Trinajstić information content (AvgIpc) is 3.22. The van der Waals surface area contributed by atoms with Crippen LogP contribution in [0.1, 0.15) is 21.5 Å². The van der Waals surface area contributed by atoms with Crippen LogP contribution < -0.4 is 4.90 Å². The third kappa shape index (κ3) is 4.77. The number of hydrogen-bond donors (Lipinski definition) is 0. The van der Waals surface area contributed by atoms with Crippen LogP contribution in [0.4, 0.5) is 5.13 Å². The fourth-order valence-electron chi connectivity index (χ4n) is 3.29. The Bertz CT molecular complexity index is 1420. The zero-order chi connectivity index (χ0) is 23.8. The van der Waals surface area contributed by atoms with Crippen LogP contribution >= 0.6 is 22.9 Å². The summed E-state index contributed by atoms with van der Waals surface area (Å²) in [6, 6.07) is 13.3. The first-order chi connectivity index (χ1) is 15.7. The number of anilines is 1. The summed E-state index contributed by atoms with van der Waals surface area (Å²) in [6.45, 7) is 2.19. The monoisotopic (exact) mass is 500 g/mol. The molecule has 10 heteroatoms. The van der Waals surface area contributed by atoms with Crippen LogP contribution in [0, 0.1) is 6.92 Å². The molecule has 2 aromatic carbocycles. The van der Waals surface area contributed by atoms with Crippen molar-refractivity contribution < 1.29 is 13.2 Å². The van der Waals surface area contributed by atoms with Crippen molar-refractivity contribution in [3.63, 3.8) is 0 Å². The maximum Gasteiger partial charge on any atom is 0.260 e. The van der Waals surface area contributed by atoms with E-state index in [2.05, 4.69) is 4.98 Å². The molecule has 0 bridgehead atoms. The van der Waals surface area contributed by atoms with Crippen molar-refractivity contribution in [1.29, 1.82) is 0 Å². The Labute approximate surface area is 201 Å². The van der Waals surface area contributed by atoms with E-state index in [0.29, 0.717) is 15.7 Å². The van der Waals surface area contributed by atoms with Crippen molar-refractivity contribution in [2.24, 2.45) is 0 Å². The summed E-state index contributed by atoms with van der Waals surface area (Å²) in [6.07, 6.45) is 3.37. The standard InChI is InChI=1S/C23H21ClN4O3S2/c1-15-11-18(24)12-20-21(15)26-23(32-20)28(14-16-5-4-10-25-13-16)22(29)17-6-8-19(9-7-17)33(30,31)27(2)3/h4-13H,14H2,1-3H3. The second-order valence-corrected chi connectivity index (χ2v) is 11.2. The zero-order valence-corrected chi connectivity index (χ0v) is 20.6. The summed E-state index contributed by atoms with van der Waals surface area (Å²) in [5, 5.41) is 1.13. The van der Waals surface area contributed by atoms with Crippen LogP contribution in [-0.2, 0) is 16.6 Å². The number of nitrogens with zero attached hydrogens (tertiary/aromatic N) is 4. The predicted octanol–water partition coefficient (Wildman–Crippen LogP) is 4.75. The lowest BCUT2D eigenvalue weighted by atomic mass is 10.2. The molecule has 33 heavy (non-hydrogen) atoms. The Morgan fingerprint density at radius 3 is 2.48 bits per heavy atom. The summed E-state index contributed by atoms with van der Waals surface area (Å²) in [4.78, 5) is 24.1. The molecule has 1 amide bonds. The first kappa shape index (κ1) is 23.3. The van der Waals surface area contributed by atoms with Crippen LogP contribution in [0.3, 0.4) is 0 Å². The number of aromatic nitrogens is 2. The highest BCUT2D eigenvalue weighted by Gasteiger charge is 2.24. The highest BCUT2D eigenvalue weighted by Crippen LogP contribution is 2.34. The highest BCUT2D eigenvalue weighted by molar-refractivity contribution is 7.89. The maximum absolute atomic E-state index is 13.6. The smallest absolute Gasteiger partial charge is 0.260 e. The molecule has 7 nitrogen and oxygen atoms in total. The molecule has 0 radical (unpaired) electrons. The maximum atomic E-state index is 13.6. The van der Waals surface area contributed by atoms with E-state index >= 15 is 0 Å². The molecule has 0 fully saturated rings. The van der Waals surface area contributed by atoms with Crippen molar-refractivity contribution in [3.8, 4) is 0 Å². The Hall–Kier alpha value is -2.85. The topological polar surface area (TPSA) is 83.5 Å². The summed E-state index contributed by atoms with van der Waals surface area (Å²) in [5.74, 6) is -0.296. The highest BCUT2D eigenvalue weighted by atomic mass is 35.5. The van der Waals surface area contributed by atoms with Gasteiger partial charge in [-0.25, -0.2) is 17.7 Å². The van der Waals surface area contributed by atoms with Crippen LogP contribution in [-0.4, -0.2) is 42.7 Å². The number of rotatable bonds is 6. The zero-order valence-electron chi connectivity index (χ0n) is 18.2. The molecular weight excluding hydrogens is 480 g/mol. The molecule has 0 N–H and O–H groups in total. The van der Waals surface area contributed by atoms with Gasteiger partial charge in [-0.1, -0.05) is 29.0 Å². The summed E-state index contributed by atoms with van der Waals surface area (Å²) in [5.41, 5.74) is 2.90. The molecule has 0 saturated carbocycles. The van der Waals surface area contributed by atoms with E-state index in [0.717, 1.165) is 25.6 Å².